The maximum Gasteiger partial charge on any atom is 0.339 e. The van der Waals surface area contributed by atoms with Gasteiger partial charge in [-0.25, -0.2) is 18.9 Å². The van der Waals surface area contributed by atoms with Crippen molar-refractivity contribution in [3.63, 3.8) is 0 Å². The Morgan fingerprint density at radius 3 is 2.47 bits per heavy atom. The second kappa shape index (κ2) is 8.94. The Balaban J connectivity index is 1.36. The first-order chi connectivity index (χ1) is 15.3. The van der Waals surface area contributed by atoms with Crippen molar-refractivity contribution in [2.45, 2.75) is 26.8 Å². The Morgan fingerprint density at radius 2 is 1.81 bits per heavy atom. The van der Waals surface area contributed by atoms with E-state index >= 15 is 0 Å². The Hall–Kier alpha value is -3.49. The van der Waals surface area contributed by atoms with E-state index in [4.69, 9.17) is 4.74 Å². The summed E-state index contributed by atoms with van der Waals surface area (Å²) in [7, 11) is 0. The van der Waals surface area contributed by atoms with Gasteiger partial charge in [-0.05, 0) is 51.1 Å². The molecular formula is C23H26FN5O3. The van der Waals surface area contributed by atoms with Crippen molar-refractivity contribution in [1.82, 2.24) is 19.7 Å². The van der Waals surface area contributed by atoms with Gasteiger partial charge in [0.1, 0.15) is 5.82 Å². The minimum atomic E-state index is -0.567. The number of nitrogens with zero attached hydrogens (tertiary/aromatic N) is 5. The number of ether oxygens (including phenoxy) is 1. The van der Waals surface area contributed by atoms with Gasteiger partial charge < -0.3 is 14.5 Å². The normalized spacial score (nSPS) is 14.3. The smallest absolute Gasteiger partial charge is 0.339 e. The van der Waals surface area contributed by atoms with E-state index in [1.54, 1.807) is 40.9 Å². The first-order valence-corrected chi connectivity index (χ1v) is 10.6. The average molecular weight is 439 g/mol. The standard InChI is InChI=1S/C23H26FN5O3/c1-15(2)29-22-20(13-25-29)19(12-16(3)26-22)23(31)32-14-21(30)28-10-8-27(9-11-28)18-6-4-17(24)5-7-18/h4-7,12-13,15H,8-11,14H2,1-3H3. The van der Waals surface area contributed by atoms with Crippen molar-refractivity contribution in [3.8, 4) is 0 Å². The van der Waals surface area contributed by atoms with Crippen molar-refractivity contribution >= 4 is 28.6 Å². The molecule has 0 radical (unpaired) electrons. The number of hydrogen-bond acceptors (Lipinski definition) is 6. The van der Waals surface area contributed by atoms with E-state index in [1.165, 1.54) is 12.1 Å². The van der Waals surface area contributed by atoms with Crippen molar-refractivity contribution in [2.24, 2.45) is 0 Å². The minimum absolute atomic E-state index is 0.0980. The first kappa shape index (κ1) is 21.7. The number of aryl methyl sites for hydroxylation is 1. The quantitative estimate of drug-likeness (QED) is 0.569. The van der Waals surface area contributed by atoms with Crippen LogP contribution in [0.2, 0.25) is 0 Å². The molecule has 0 spiro atoms. The summed E-state index contributed by atoms with van der Waals surface area (Å²) in [5.41, 5.74) is 2.57. The highest BCUT2D eigenvalue weighted by molar-refractivity contribution is 6.03. The highest BCUT2D eigenvalue weighted by Crippen LogP contribution is 2.22. The molecule has 0 bridgehead atoms. The van der Waals surface area contributed by atoms with E-state index in [0.717, 1.165) is 5.69 Å². The van der Waals surface area contributed by atoms with Crippen LogP contribution in [0.15, 0.2) is 36.5 Å². The largest absolute Gasteiger partial charge is 0.452 e. The van der Waals surface area contributed by atoms with Gasteiger partial charge in [0, 0.05) is 43.6 Å². The SMILES string of the molecule is Cc1cc(C(=O)OCC(=O)N2CCN(c3ccc(F)cc3)CC2)c2cnn(C(C)C)c2n1. The number of anilines is 1. The van der Waals surface area contributed by atoms with Crippen molar-refractivity contribution < 1.29 is 18.7 Å². The monoisotopic (exact) mass is 439 g/mol. The molecule has 0 aliphatic carbocycles. The number of halogens is 1. The van der Waals surface area contributed by atoms with E-state index in [-0.39, 0.29) is 24.4 Å². The lowest BCUT2D eigenvalue weighted by atomic mass is 10.1. The van der Waals surface area contributed by atoms with Crippen molar-refractivity contribution in [3.05, 3.63) is 53.6 Å². The molecule has 8 nitrogen and oxygen atoms in total. The Morgan fingerprint density at radius 1 is 1.12 bits per heavy atom. The molecule has 0 unspecified atom stereocenters. The molecular weight excluding hydrogens is 413 g/mol. The zero-order valence-electron chi connectivity index (χ0n) is 18.4. The van der Waals surface area contributed by atoms with Crippen LogP contribution in [0, 0.1) is 12.7 Å². The second-order valence-corrected chi connectivity index (χ2v) is 8.15. The number of piperazine rings is 1. The Labute approximate surface area is 185 Å². The number of aromatic nitrogens is 3. The van der Waals surface area contributed by atoms with Gasteiger partial charge in [-0.3, -0.25) is 4.79 Å². The molecule has 3 heterocycles. The maximum absolute atomic E-state index is 13.1. The van der Waals surface area contributed by atoms with Gasteiger partial charge >= 0.3 is 5.97 Å². The highest BCUT2D eigenvalue weighted by atomic mass is 19.1. The van der Waals surface area contributed by atoms with Gasteiger partial charge in [-0.2, -0.15) is 5.10 Å². The summed E-state index contributed by atoms with van der Waals surface area (Å²) in [5, 5.41) is 4.94. The van der Waals surface area contributed by atoms with Gasteiger partial charge in [0.05, 0.1) is 17.1 Å². The molecule has 9 heteroatoms. The van der Waals surface area contributed by atoms with Crippen LogP contribution in [-0.4, -0.2) is 64.3 Å². The number of benzene rings is 1. The van der Waals surface area contributed by atoms with Crippen LogP contribution in [0.3, 0.4) is 0 Å². The molecule has 0 saturated carbocycles. The topological polar surface area (TPSA) is 80.6 Å². The highest BCUT2D eigenvalue weighted by Gasteiger charge is 2.24. The van der Waals surface area contributed by atoms with Gasteiger partial charge in [-0.15, -0.1) is 0 Å². The third-order valence-corrected chi connectivity index (χ3v) is 5.55. The van der Waals surface area contributed by atoms with E-state index in [1.807, 2.05) is 13.8 Å². The number of amides is 1. The fourth-order valence-corrected chi connectivity index (χ4v) is 3.85. The van der Waals surface area contributed by atoms with E-state index < -0.39 is 5.97 Å². The molecule has 1 aliphatic rings. The molecule has 4 rings (SSSR count). The zero-order valence-corrected chi connectivity index (χ0v) is 18.4. The fraction of sp³-hybridized carbons (Fsp3) is 0.391. The van der Waals surface area contributed by atoms with Crippen LogP contribution >= 0.6 is 0 Å². The molecule has 1 aromatic carbocycles. The molecule has 0 N–H and O–H groups in total. The Kier molecular flexibility index (Phi) is 6.07. The lowest BCUT2D eigenvalue weighted by Gasteiger charge is -2.36. The van der Waals surface area contributed by atoms with Crippen LogP contribution in [-0.2, 0) is 9.53 Å². The first-order valence-electron chi connectivity index (χ1n) is 10.6. The van der Waals surface area contributed by atoms with Crippen LogP contribution in [0.4, 0.5) is 10.1 Å². The number of carbonyl (C=O) groups excluding carboxylic acids is 2. The number of rotatable bonds is 5. The maximum atomic E-state index is 13.1. The molecule has 1 saturated heterocycles. The number of carbonyl (C=O) groups is 2. The fourth-order valence-electron chi connectivity index (χ4n) is 3.85. The summed E-state index contributed by atoms with van der Waals surface area (Å²) in [4.78, 5) is 33.6. The molecule has 32 heavy (non-hydrogen) atoms. The molecule has 1 fully saturated rings. The number of hydrogen-bond donors (Lipinski definition) is 0. The average Bonchev–Trinajstić information content (AvgIpc) is 3.21. The number of pyridine rings is 1. The Bertz CT molecular complexity index is 1130. The third-order valence-electron chi connectivity index (χ3n) is 5.55. The van der Waals surface area contributed by atoms with Crippen molar-refractivity contribution in [1.29, 1.82) is 0 Å². The van der Waals surface area contributed by atoms with Gasteiger partial charge in [0.15, 0.2) is 12.3 Å². The third kappa shape index (κ3) is 4.42. The van der Waals surface area contributed by atoms with Crippen LogP contribution in [0.5, 0.6) is 0 Å². The van der Waals surface area contributed by atoms with Crippen LogP contribution in [0.25, 0.3) is 11.0 Å². The summed E-state index contributed by atoms with van der Waals surface area (Å²) < 4.78 is 20.2. The van der Waals surface area contributed by atoms with Crippen LogP contribution in [0.1, 0.15) is 35.9 Å². The van der Waals surface area contributed by atoms with E-state index in [2.05, 4.69) is 15.0 Å². The second-order valence-electron chi connectivity index (χ2n) is 8.15. The zero-order chi connectivity index (χ0) is 22.8. The minimum Gasteiger partial charge on any atom is -0.452 e. The summed E-state index contributed by atoms with van der Waals surface area (Å²) in [6.07, 6.45) is 1.61. The lowest BCUT2D eigenvalue weighted by molar-refractivity contribution is -0.134. The molecule has 2 aromatic heterocycles. The number of esters is 1. The lowest BCUT2D eigenvalue weighted by Crippen LogP contribution is -2.49. The predicted molar refractivity (Wildman–Crippen MR) is 118 cm³/mol. The summed E-state index contributed by atoms with van der Waals surface area (Å²) in [6, 6.07) is 8.06. The molecule has 1 aliphatic heterocycles. The molecule has 3 aromatic rings. The van der Waals surface area contributed by atoms with Crippen LogP contribution < -0.4 is 4.90 Å². The van der Waals surface area contributed by atoms with Crippen molar-refractivity contribution in [2.75, 3.05) is 37.7 Å². The van der Waals surface area contributed by atoms with E-state index in [0.29, 0.717) is 48.5 Å². The van der Waals surface area contributed by atoms with Gasteiger partial charge in [0.2, 0.25) is 0 Å². The summed E-state index contributed by atoms with van der Waals surface area (Å²) in [5.74, 6) is -1.08. The molecule has 168 valence electrons. The van der Waals surface area contributed by atoms with E-state index in [9.17, 15) is 14.0 Å². The van der Waals surface area contributed by atoms with Gasteiger partial charge in [0.25, 0.3) is 5.91 Å². The summed E-state index contributed by atoms with van der Waals surface area (Å²) in [6.45, 7) is 7.73. The number of fused-ring (bicyclic) bond motifs is 1. The summed E-state index contributed by atoms with van der Waals surface area (Å²) >= 11 is 0. The molecule has 1 amide bonds. The predicted octanol–water partition coefficient (Wildman–Crippen LogP) is 2.97. The molecule has 0 atom stereocenters. The van der Waals surface area contributed by atoms with Gasteiger partial charge in [-0.1, -0.05) is 0 Å².